The van der Waals surface area contributed by atoms with Crippen molar-refractivity contribution in [3.05, 3.63) is 29.8 Å². The van der Waals surface area contributed by atoms with Gasteiger partial charge in [0.05, 0.1) is 5.56 Å². The standard InChI is InChI=1S/C17H21F3N2O2.ClH/c18-17(19,20)13-3-1-2-4-14(13)24-11-15(23)22-9-6-16(7-10-22)5-8-21-12-16;/h1-4,21H,5-12H2;1H. The van der Waals surface area contributed by atoms with Gasteiger partial charge in [-0.1, -0.05) is 12.1 Å². The number of para-hydroxylation sites is 1. The molecule has 3 rings (SSSR count). The fraction of sp³-hybridized carbons (Fsp3) is 0.588. The van der Waals surface area contributed by atoms with Gasteiger partial charge in [0.1, 0.15) is 5.75 Å². The van der Waals surface area contributed by atoms with E-state index in [9.17, 15) is 18.0 Å². The van der Waals surface area contributed by atoms with Gasteiger partial charge in [0.2, 0.25) is 0 Å². The van der Waals surface area contributed by atoms with E-state index >= 15 is 0 Å². The van der Waals surface area contributed by atoms with Crippen molar-refractivity contribution < 1.29 is 22.7 Å². The van der Waals surface area contributed by atoms with Gasteiger partial charge in [-0.05, 0) is 43.4 Å². The van der Waals surface area contributed by atoms with Crippen molar-refractivity contribution in [2.75, 3.05) is 32.8 Å². The molecule has 2 heterocycles. The lowest BCUT2D eigenvalue weighted by molar-refractivity contribution is -0.141. The molecule has 4 nitrogen and oxygen atoms in total. The lowest BCUT2D eigenvalue weighted by Gasteiger charge is -2.38. The fourth-order valence-corrected chi connectivity index (χ4v) is 3.51. The summed E-state index contributed by atoms with van der Waals surface area (Å²) in [7, 11) is 0. The Morgan fingerprint density at radius 2 is 1.88 bits per heavy atom. The van der Waals surface area contributed by atoms with Gasteiger partial charge in [-0.3, -0.25) is 4.79 Å². The molecule has 2 fully saturated rings. The summed E-state index contributed by atoms with van der Waals surface area (Å²) in [6.45, 7) is 2.93. The van der Waals surface area contributed by atoms with Crippen LogP contribution in [-0.4, -0.2) is 43.6 Å². The van der Waals surface area contributed by atoms with Crippen molar-refractivity contribution in [2.24, 2.45) is 5.41 Å². The molecular weight excluding hydrogens is 357 g/mol. The van der Waals surface area contributed by atoms with Crippen LogP contribution in [0.4, 0.5) is 13.2 Å². The highest BCUT2D eigenvalue weighted by molar-refractivity contribution is 5.85. The Morgan fingerprint density at radius 1 is 1.20 bits per heavy atom. The molecule has 140 valence electrons. The van der Waals surface area contributed by atoms with Gasteiger partial charge in [-0.25, -0.2) is 0 Å². The maximum absolute atomic E-state index is 12.9. The molecule has 0 aromatic heterocycles. The summed E-state index contributed by atoms with van der Waals surface area (Å²) in [5, 5.41) is 3.36. The normalized spacial score (nSPS) is 19.6. The molecule has 0 atom stereocenters. The second-order valence-electron chi connectivity index (χ2n) is 6.59. The van der Waals surface area contributed by atoms with Crippen molar-refractivity contribution in [3.63, 3.8) is 0 Å². The van der Waals surface area contributed by atoms with Crippen LogP contribution in [0.5, 0.6) is 5.75 Å². The molecule has 1 aromatic carbocycles. The fourth-order valence-electron chi connectivity index (χ4n) is 3.51. The topological polar surface area (TPSA) is 41.6 Å². The van der Waals surface area contributed by atoms with Gasteiger partial charge < -0.3 is 15.0 Å². The highest BCUT2D eigenvalue weighted by Gasteiger charge is 2.38. The van der Waals surface area contributed by atoms with E-state index < -0.39 is 11.7 Å². The SMILES string of the molecule is Cl.O=C(COc1ccccc1C(F)(F)F)N1CCC2(CCNC2)CC1. The van der Waals surface area contributed by atoms with Gasteiger partial charge in [0.15, 0.2) is 6.61 Å². The van der Waals surface area contributed by atoms with Crippen molar-refractivity contribution >= 4 is 18.3 Å². The number of nitrogens with one attached hydrogen (secondary N) is 1. The van der Waals surface area contributed by atoms with Gasteiger partial charge >= 0.3 is 6.18 Å². The first-order valence-corrected chi connectivity index (χ1v) is 8.17. The van der Waals surface area contributed by atoms with Crippen LogP contribution in [0.15, 0.2) is 24.3 Å². The number of ether oxygens (including phenoxy) is 1. The van der Waals surface area contributed by atoms with Crippen LogP contribution in [0, 0.1) is 5.41 Å². The van der Waals surface area contributed by atoms with Crippen molar-refractivity contribution in [1.82, 2.24) is 10.2 Å². The molecule has 0 radical (unpaired) electrons. The molecule has 8 heteroatoms. The summed E-state index contributed by atoms with van der Waals surface area (Å²) in [5.41, 5.74) is -0.562. The second kappa shape index (κ2) is 7.83. The van der Waals surface area contributed by atoms with Crippen molar-refractivity contribution in [3.8, 4) is 5.75 Å². The lowest BCUT2D eigenvalue weighted by atomic mass is 9.78. The monoisotopic (exact) mass is 378 g/mol. The third-order valence-corrected chi connectivity index (χ3v) is 5.05. The van der Waals surface area contributed by atoms with Crippen LogP contribution in [0.1, 0.15) is 24.8 Å². The third kappa shape index (κ3) is 4.58. The number of benzene rings is 1. The Bertz CT molecular complexity index is 594. The maximum atomic E-state index is 12.9. The first kappa shape index (κ1) is 19.8. The first-order chi connectivity index (χ1) is 11.4. The average molecular weight is 379 g/mol. The number of halogens is 4. The molecule has 1 aromatic rings. The van der Waals surface area contributed by atoms with E-state index in [0.717, 1.165) is 38.4 Å². The van der Waals surface area contributed by atoms with Crippen LogP contribution in [0.2, 0.25) is 0 Å². The first-order valence-electron chi connectivity index (χ1n) is 8.17. The van der Waals surface area contributed by atoms with Gasteiger partial charge in [0.25, 0.3) is 5.91 Å². The van der Waals surface area contributed by atoms with E-state index in [-0.39, 0.29) is 30.7 Å². The van der Waals surface area contributed by atoms with E-state index in [2.05, 4.69) is 5.32 Å². The van der Waals surface area contributed by atoms with E-state index in [1.807, 2.05) is 0 Å². The van der Waals surface area contributed by atoms with Crippen molar-refractivity contribution in [1.29, 1.82) is 0 Å². The summed E-state index contributed by atoms with van der Waals surface area (Å²) < 4.78 is 43.9. The minimum atomic E-state index is -4.49. The van der Waals surface area contributed by atoms with Crippen LogP contribution in [-0.2, 0) is 11.0 Å². The van der Waals surface area contributed by atoms with E-state index in [0.29, 0.717) is 18.5 Å². The van der Waals surface area contributed by atoms with Crippen LogP contribution >= 0.6 is 12.4 Å². The zero-order valence-corrected chi connectivity index (χ0v) is 14.6. The average Bonchev–Trinajstić information content (AvgIpc) is 3.01. The molecule has 2 saturated heterocycles. The van der Waals surface area contributed by atoms with E-state index in [1.54, 1.807) is 4.90 Å². The number of piperidine rings is 1. The van der Waals surface area contributed by atoms with Crippen LogP contribution in [0.25, 0.3) is 0 Å². The number of amides is 1. The second-order valence-corrected chi connectivity index (χ2v) is 6.59. The molecule has 1 spiro atoms. The molecule has 0 bridgehead atoms. The molecule has 1 amide bonds. The summed E-state index contributed by atoms with van der Waals surface area (Å²) in [5.74, 6) is -0.556. The molecule has 2 aliphatic rings. The lowest BCUT2D eigenvalue weighted by Crippen LogP contribution is -2.45. The predicted molar refractivity (Wildman–Crippen MR) is 89.9 cm³/mol. The van der Waals surface area contributed by atoms with Gasteiger partial charge in [-0.15, -0.1) is 12.4 Å². The largest absolute Gasteiger partial charge is 0.483 e. The molecule has 0 unspecified atom stereocenters. The summed E-state index contributed by atoms with van der Waals surface area (Å²) in [4.78, 5) is 13.9. The smallest absolute Gasteiger partial charge is 0.419 e. The Labute approximate surface area is 151 Å². The molecule has 0 saturated carbocycles. The number of carbonyl (C=O) groups is 1. The molecule has 0 aliphatic carbocycles. The number of hydrogen-bond donors (Lipinski definition) is 1. The van der Waals surface area contributed by atoms with E-state index in [4.69, 9.17) is 4.74 Å². The molecule has 1 N–H and O–H groups in total. The molecular formula is C17H22ClF3N2O2. The number of likely N-dealkylation sites (tertiary alicyclic amines) is 1. The minimum Gasteiger partial charge on any atom is -0.483 e. The van der Waals surface area contributed by atoms with Crippen molar-refractivity contribution in [2.45, 2.75) is 25.4 Å². The highest BCUT2D eigenvalue weighted by atomic mass is 35.5. The number of hydrogen-bond acceptors (Lipinski definition) is 3. The minimum absolute atomic E-state index is 0. The van der Waals surface area contributed by atoms with Gasteiger partial charge in [-0.2, -0.15) is 13.2 Å². The number of carbonyl (C=O) groups excluding carboxylic acids is 1. The summed E-state index contributed by atoms with van der Waals surface area (Å²) >= 11 is 0. The predicted octanol–water partition coefficient (Wildman–Crippen LogP) is 3.11. The van der Waals surface area contributed by atoms with Crippen LogP contribution in [0.3, 0.4) is 0 Å². The zero-order chi connectivity index (χ0) is 17.2. The van der Waals surface area contributed by atoms with Crippen LogP contribution < -0.4 is 10.1 Å². The molecule has 25 heavy (non-hydrogen) atoms. The Morgan fingerprint density at radius 3 is 2.48 bits per heavy atom. The van der Waals surface area contributed by atoms with Gasteiger partial charge in [0, 0.05) is 19.6 Å². The Kier molecular flexibility index (Phi) is 6.21. The molecule has 2 aliphatic heterocycles. The number of nitrogens with zero attached hydrogens (tertiary/aromatic N) is 1. The highest BCUT2D eigenvalue weighted by Crippen LogP contribution is 2.37. The third-order valence-electron chi connectivity index (χ3n) is 5.05. The van der Waals surface area contributed by atoms with E-state index in [1.165, 1.54) is 18.2 Å². The maximum Gasteiger partial charge on any atom is 0.419 e. The Hall–Kier alpha value is -1.47. The number of rotatable bonds is 3. The summed E-state index contributed by atoms with van der Waals surface area (Å²) in [6, 6.07) is 4.97. The summed E-state index contributed by atoms with van der Waals surface area (Å²) in [6.07, 6.45) is -1.49. The zero-order valence-electron chi connectivity index (χ0n) is 13.8. The number of alkyl halides is 3. The quantitative estimate of drug-likeness (QED) is 0.878. The Balaban J connectivity index is 0.00000225.